The van der Waals surface area contributed by atoms with Crippen molar-refractivity contribution in [2.75, 3.05) is 0 Å². The van der Waals surface area contributed by atoms with Crippen molar-refractivity contribution in [2.45, 2.75) is 40.2 Å². The lowest BCUT2D eigenvalue weighted by Gasteiger charge is -2.18. The molecule has 0 aliphatic heterocycles. The highest BCUT2D eigenvalue weighted by Crippen LogP contribution is 1.97. The van der Waals surface area contributed by atoms with Gasteiger partial charge in [0.15, 0.2) is 0 Å². The standard InChI is InChI=1S/C7H13NO.C5H9NO/c1-5-6(9)8-7(2,3)4;1-3-4(2)5(6)7/h5H,1H2,2-4H3,(H,8,9);3H,1-2H3,(H2,6,7). The van der Waals surface area contributed by atoms with Crippen molar-refractivity contribution in [1.29, 1.82) is 0 Å². The van der Waals surface area contributed by atoms with Crippen molar-refractivity contribution in [1.82, 2.24) is 5.32 Å². The van der Waals surface area contributed by atoms with Crippen molar-refractivity contribution in [3.05, 3.63) is 24.3 Å². The van der Waals surface area contributed by atoms with E-state index in [4.69, 9.17) is 5.73 Å². The van der Waals surface area contributed by atoms with Crippen LogP contribution in [0.4, 0.5) is 0 Å². The predicted molar refractivity (Wildman–Crippen MR) is 66.7 cm³/mol. The van der Waals surface area contributed by atoms with Crippen LogP contribution in [0.1, 0.15) is 34.6 Å². The Morgan fingerprint density at radius 2 is 1.75 bits per heavy atom. The Bertz CT molecular complexity index is 286. The monoisotopic (exact) mass is 226 g/mol. The van der Waals surface area contributed by atoms with Gasteiger partial charge in [-0.2, -0.15) is 0 Å². The quantitative estimate of drug-likeness (QED) is 0.701. The second-order valence-corrected chi connectivity index (χ2v) is 4.28. The molecule has 2 amide bonds. The number of carbonyl (C=O) groups excluding carboxylic acids is 2. The number of hydrogen-bond donors (Lipinski definition) is 2. The molecule has 0 atom stereocenters. The maximum Gasteiger partial charge on any atom is 0.243 e. The first-order valence-corrected chi connectivity index (χ1v) is 5.01. The lowest BCUT2D eigenvalue weighted by Crippen LogP contribution is -2.39. The third kappa shape index (κ3) is 12.4. The molecule has 0 spiro atoms. The van der Waals surface area contributed by atoms with Gasteiger partial charge in [0.2, 0.25) is 11.8 Å². The van der Waals surface area contributed by atoms with Crippen molar-refractivity contribution >= 4 is 11.8 Å². The first-order chi connectivity index (χ1) is 7.14. The average Bonchev–Trinajstić information content (AvgIpc) is 2.14. The molecule has 0 radical (unpaired) electrons. The summed E-state index contributed by atoms with van der Waals surface area (Å²) in [5.74, 6) is -0.468. The molecule has 0 aromatic heterocycles. The van der Waals surface area contributed by atoms with Crippen LogP contribution in [0.15, 0.2) is 24.3 Å². The Morgan fingerprint density at radius 1 is 1.31 bits per heavy atom. The zero-order valence-electron chi connectivity index (χ0n) is 10.8. The van der Waals surface area contributed by atoms with Gasteiger partial charge in [0.1, 0.15) is 0 Å². The molecular weight excluding hydrogens is 204 g/mol. The Hall–Kier alpha value is -1.58. The number of amides is 2. The summed E-state index contributed by atoms with van der Waals surface area (Å²) in [4.78, 5) is 20.7. The highest BCUT2D eigenvalue weighted by molar-refractivity contribution is 5.91. The van der Waals surface area contributed by atoms with E-state index >= 15 is 0 Å². The van der Waals surface area contributed by atoms with Crippen LogP contribution in [0.2, 0.25) is 0 Å². The van der Waals surface area contributed by atoms with E-state index in [1.807, 2.05) is 20.8 Å². The van der Waals surface area contributed by atoms with E-state index < -0.39 is 0 Å². The van der Waals surface area contributed by atoms with Gasteiger partial charge in [0.05, 0.1) is 0 Å². The van der Waals surface area contributed by atoms with Gasteiger partial charge in [0.25, 0.3) is 0 Å². The maximum absolute atomic E-state index is 10.6. The van der Waals surface area contributed by atoms with Crippen molar-refractivity contribution in [3.8, 4) is 0 Å². The molecule has 0 aromatic carbocycles. The Labute approximate surface area is 97.6 Å². The molecule has 0 bridgehead atoms. The fourth-order valence-corrected chi connectivity index (χ4v) is 0.563. The molecule has 0 aliphatic carbocycles. The number of nitrogens with two attached hydrogens (primary N) is 1. The number of primary amides is 1. The largest absolute Gasteiger partial charge is 0.366 e. The molecule has 0 rings (SSSR count). The molecule has 0 aliphatic rings. The van der Waals surface area contributed by atoms with Crippen molar-refractivity contribution in [3.63, 3.8) is 0 Å². The van der Waals surface area contributed by atoms with Gasteiger partial charge in [-0.15, -0.1) is 0 Å². The average molecular weight is 226 g/mol. The number of rotatable bonds is 2. The van der Waals surface area contributed by atoms with Crippen LogP contribution >= 0.6 is 0 Å². The molecule has 16 heavy (non-hydrogen) atoms. The summed E-state index contributed by atoms with van der Waals surface area (Å²) < 4.78 is 0. The van der Waals surface area contributed by atoms with E-state index in [1.54, 1.807) is 19.9 Å². The third-order valence-electron chi connectivity index (χ3n) is 1.51. The van der Waals surface area contributed by atoms with Gasteiger partial charge in [-0.05, 0) is 40.7 Å². The van der Waals surface area contributed by atoms with Gasteiger partial charge in [-0.3, -0.25) is 9.59 Å². The van der Waals surface area contributed by atoms with E-state index in [1.165, 1.54) is 6.08 Å². The zero-order valence-corrected chi connectivity index (χ0v) is 10.8. The molecule has 0 aromatic rings. The minimum absolute atomic E-state index is 0.123. The second kappa shape index (κ2) is 7.68. The Kier molecular flexibility index (Phi) is 8.08. The Balaban J connectivity index is 0. The van der Waals surface area contributed by atoms with Gasteiger partial charge >= 0.3 is 0 Å². The number of allylic oxidation sites excluding steroid dienone is 1. The molecule has 0 saturated heterocycles. The minimum Gasteiger partial charge on any atom is -0.366 e. The Morgan fingerprint density at radius 3 is 1.81 bits per heavy atom. The van der Waals surface area contributed by atoms with Crippen LogP contribution in [0, 0.1) is 0 Å². The summed E-state index contributed by atoms with van der Waals surface area (Å²) in [6.45, 7) is 12.6. The van der Waals surface area contributed by atoms with Gasteiger partial charge in [0, 0.05) is 11.1 Å². The first-order valence-electron chi connectivity index (χ1n) is 5.01. The molecular formula is C12H22N2O2. The summed E-state index contributed by atoms with van der Waals surface area (Å²) >= 11 is 0. The summed E-state index contributed by atoms with van der Waals surface area (Å²) in [6.07, 6.45) is 2.95. The molecule has 0 heterocycles. The summed E-state index contributed by atoms with van der Waals surface area (Å²) in [5.41, 5.74) is 5.30. The molecule has 0 saturated carbocycles. The van der Waals surface area contributed by atoms with Crippen molar-refractivity contribution in [2.24, 2.45) is 5.73 Å². The number of nitrogens with one attached hydrogen (secondary N) is 1. The SMILES string of the molecule is C=CC(=O)NC(C)(C)C.CC=C(C)C(N)=O. The normalized spacial score (nSPS) is 10.9. The van der Waals surface area contributed by atoms with E-state index in [0.29, 0.717) is 5.57 Å². The van der Waals surface area contributed by atoms with Crippen LogP contribution in [-0.2, 0) is 9.59 Å². The summed E-state index contributed by atoms with van der Waals surface area (Å²) in [7, 11) is 0. The van der Waals surface area contributed by atoms with Crippen LogP contribution < -0.4 is 11.1 Å². The highest BCUT2D eigenvalue weighted by Gasteiger charge is 2.10. The van der Waals surface area contributed by atoms with E-state index in [9.17, 15) is 9.59 Å². The lowest BCUT2D eigenvalue weighted by atomic mass is 10.1. The highest BCUT2D eigenvalue weighted by atomic mass is 16.1. The van der Waals surface area contributed by atoms with Crippen LogP contribution in [-0.4, -0.2) is 17.4 Å². The van der Waals surface area contributed by atoms with Gasteiger partial charge in [-0.25, -0.2) is 0 Å². The van der Waals surface area contributed by atoms with Gasteiger partial charge in [-0.1, -0.05) is 12.7 Å². The molecule has 0 unspecified atom stereocenters. The summed E-state index contributed by atoms with van der Waals surface area (Å²) in [6, 6.07) is 0. The molecule has 92 valence electrons. The third-order valence-corrected chi connectivity index (χ3v) is 1.51. The van der Waals surface area contributed by atoms with E-state index in [2.05, 4.69) is 11.9 Å². The topological polar surface area (TPSA) is 72.2 Å². The van der Waals surface area contributed by atoms with Crippen LogP contribution in [0.5, 0.6) is 0 Å². The fourth-order valence-electron chi connectivity index (χ4n) is 0.563. The number of carbonyl (C=O) groups is 2. The minimum atomic E-state index is -0.345. The van der Waals surface area contributed by atoms with Crippen LogP contribution in [0.25, 0.3) is 0 Å². The molecule has 4 nitrogen and oxygen atoms in total. The molecule has 3 N–H and O–H groups in total. The second-order valence-electron chi connectivity index (χ2n) is 4.28. The van der Waals surface area contributed by atoms with E-state index in [-0.39, 0.29) is 17.4 Å². The van der Waals surface area contributed by atoms with E-state index in [0.717, 1.165) is 0 Å². The van der Waals surface area contributed by atoms with Gasteiger partial charge < -0.3 is 11.1 Å². The maximum atomic E-state index is 10.6. The smallest absolute Gasteiger partial charge is 0.243 e. The summed E-state index contributed by atoms with van der Waals surface area (Å²) in [5, 5.41) is 2.71. The lowest BCUT2D eigenvalue weighted by molar-refractivity contribution is -0.118. The molecule has 0 fully saturated rings. The fraction of sp³-hybridized carbons (Fsp3) is 0.500. The molecule has 4 heteroatoms. The first kappa shape index (κ1) is 16.8. The number of hydrogen-bond acceptors (Lipinski definition) is 2. The zero-order chi connectivity index (χ0) is 13.4. The van der Waals surface area contributed by atoms with Crippen molar-refractivity contribution < 1.29 is 9.59 Å². The van der Waals surface area contributed by atoms with Crippen LogP contribution in [0.3, 0.4) is 0 Å². The predicted octanol–water partition coefficient (Wildman–Crippen LogP) is 1.52.